The number of hydrogen-bond acceptors (Lipinski definition) is 4. The van der Waals surface area contributed by atoms with Gasteiger partial charge in [0.2, 0.25) is 0 Å². The molecule has 0 amide bonds. The van der Waals surface area contributed by atoms with E-state index in [4.69, 9.17) is 9.72 Å². The molecular weight excluding hydrogens is 1170 g/mol. The summed E-state index contributed by atoms with van der Waals surface area (Å²) in [5, 5.41) is 2.17. The van der Waals surface area contributed by atoms with Gasteiger partial charge >= 0.3 is 0 Å². The topological polar surface area (TPSA) is 33.5 Å². The molecule has 10 aromatic carbocycles. The molecule has 0 saturated heterocycles. The van der Waals surface area contributed by atoms with Gasteiger partial charge in [-0.15, -0.1) is 48.1 Å². The van der Waals surface area contributed by atoms with Crippen LogP contribution in [0.1, 0.15) is 58.2 Å². The maximum absolute atomic E-state index is 6.84. The van der Waals surface area contributed by atoms with Crippen molar-refractivity contribution in [2.45, 2.75) is 59.3 Å². The van der Waals surface area contributed by atoms with Crippen molar-refractivity contribution in [3.05, 3.63) is 272 Å². The zero-order chi connectivity index (χ0) is 54.7. The van der Waals surface area contributed by atoms with Gasteiger partial charge in [0.05, 0.1) is 0 Å². The molecule has 13 rings (SSSR count). The Morgan fingerprint density at radius 2 is 0.963 bits per heavy atom. The predicted octanol–water partition coefficient (Wildman–Crippen LogP) is 20.2. The van der Waals surface area contributed by atoms with E-state index in [-0.39, 0.29) is 31.9 Å². The van der Waals surface area contributed by atoms with Crippen LogP contribution in [0, 0.1) is 25.7 Å². The van der Waals surface area contributed by atoms with Crippen LogP contribution in [-0.2, 0) is 31.9 Å². The SMILES string of the molecule is Cc1cc(-n2c3[c-]c(Oc4[c-]c(N5[CH-]N(c6c(-c7ccc(C(C)(C)C)cc7)cccc6-c6cccc(-c7ccccc7)c6)c6ccccc65)ccc4)ccc3c3cc(-c4ccccc4)ccc32)ncc1-c1ccc(C(C)(C)C)cc1.[Pt]. The fraction of sp³-hybridized carbons (Fsp3) is 0.120. The number of nitrogens with zero attached hydrogens (tertiary/aromatic N) is 4. The third kappa shape index (κ3) is 10.2. The second-order valence-electron chi connectivity index (χ2n) is 23.0. The van der Waals surface area contributed by atoms with Gasteiger partial charge in [0.1, 0.15) is 5.82 Å². The van der Waals surface area contributed by atoms with Crippen LogP contribution in [-0.4, -0.2) is 9.55 Å². The van der Waals surface area contributed by atoms with Crippen LogP contribution in [0.4, 0.5) is 22.7 Å². The fourth-order valence-corrected chi connectivity index (χ4v) is 11.3. The molecule has 0 saturated carbocycles. The molecule has 400 valence electrons. The Morgan fingerprint density at radius 3 is 1.60 bits per heavy atom. The number of fused-ring (bicyclic) bond motifs is 4. The molecule has 0 unspecified atom stereocenters. The molecule has 0 bridgehead atoms. The van der Waals surface area contributed by atoms with Gasteiger partial charge in [0.15, 0.2) is 0 Å². The van der Waals surface area contributed by atoms with Crippen molar-refractivity contribution < 1.29 is 25.8 Å². The largest absolute Gasteiger partial charge is 0.509 e. The van der Waals surface area contributed by atoms with Crippen molar-refractivity contribution in [1.82, 2.24) is 9.55 Å². The number of aryl methyl sites for hydroxylation is 1. The summed E-state index contributed by atoms with van der Waals surface area (Å²) in [5.74, 6) is 1.96. The van der Waals surface area contributed by atoms with Crippen molar-refractivity contribution in [1.29, 1.82) is 0 Å². The summed E-state index contributed by atoms with van der Waals surface area (Å²) in [5.41, 5.74) is 21.2. The quantitative estimate of drug-likeness (QED) is 0.128. The molecule has 1 aliphatic heterocycles. The molecule has 3 heterocycles. The summed E-state index contributed by atoms with van der Waals surface area (Å²) >= 11 is 0. The van der Waals surface area contributed by atoms with Gasteiger partial charge in [-0.25, -0.2) is 4.98 Å². The summed E-state index contributed by atoms with van der Waals surface area (Å²) in [4.78, 5) is 9.75. The Balaban J connectivity index is 0.00000651. The predicted molar refractivity (Wildman–Crippen MR) is 334 cm³/mol. The van der Waals surface area contributed by atoms with Crippen LogP contribution in [0.15, 0.2) is 237 Å². The molecule has 0 spiro atoms. The molecule has 2 aromatic heterocycles. The van der Waals surface area contributed by atoms with Crippen LogP contribution < -0.4 is 14.5 Å². The van der Waals surface area contributed by atoms with E-state index in [0.717, 1.165) is 100 Å². The van der Waals surface area contributed by atoms with E-state index < -0.39 is 0 Å². The Labute approximate surface area is 491 Å². The van der Waals surface area contributed by atoms with E-state index in [9.17, 15) is 0 Å². The van der Waals surface area contributed by atoms with Crippen molar-refractivity contribution in [2.75, 3.05) is 9.80 Å². The van der Waals surface area contributed by atoms with Crippen LogP contribution in [0.3, 0.4) is 0 Å². The van der Waals surface area contributed by atoms with Gasteiger partial charge in [-0.2, -0.15) is 12.1 Å². The monoisotopic (exact) mass is 1230 g/mol. The van der Waals surface area contributed by atoms with E-state index in [1.54, 1.807) is 0 Å². The Kier molecular flexibility index (Phi) is 14.0. The van der Waals surface area contributed by atoms with Gasteiger partial charge in [0, 0.05) is 78.0 Å². The van der Waals surface area contributed by atoms with Crippen LogP contribution in [0.5, 0.6) is 11.5 Å². The molecule has 0 aliphatic carbocycles. The molecule has 6 heteroatoms. The second-order valence-corrected chi connectivity index (χ2v) is 23.0. The maximum Gasteiger partial charge on any atom is 0.135 e. The molecule has 0 atom stereocenters. The first-order valence-electron chi connectivity index (χ1n) is 27.6. The molecular formula is C75H61N4OPt-3. The summed E-state index contributed by atoms with van der Waals surface area (Å²) in [6.45, 7) is 17.9. The number of aromatic nitrogens is 2. The Hall–Kier alpha value is -8.76. The first kappa shape index (κ1) is 52.9. The molecule has 0 N–H and O–H groups in total. The van der Waals surface area contributed by atoms with Crippen molar-refractivity contribution in [3.8, 4) is 73.0 Å². The summed E-state index contributed by atoms with van der Waals surface area (Å²) in [6.07, 6.45) is 2.01. The van der Waals surface area contributed by atoms with Gasteiger partial charge in [0.25, 0.3) is 0 Å². The minimum Gasteiger partial charge on any atom is -0.509 e. The second kappa shape index (κ2) is 21.4. The van der Waals surface area contributed by atoms with Gasteiger partial charge < -0.3 is 19.1 Å². The standard InChI is InChI=1S/C75H61N4O.Pt/c1-50-43-72(76-48-67(50)54-33-38-59(39-34-54)75(5,6)7)79-68-42-35-56(52-21-12-9-13-22-52)45-66(68)65-41-40-62(47-71(65)79)80-61-26-17-25-60(46-61)77-49-78(70-30-15-14-29-69(70)77)73-63(53-31-36-58(37-32-53)74(2,3)4)27-18-28-64(73)57-24-16-23-55(44-57)51-19-10-8-11-20-51;/h8-45,48-49H,1-7H3;/q-3;. The first-order valence-corrected chi connectivity index (χ1v) is 27.6. The zero-order valence-corrected chi connectivity index (χ0v) is 48.9. The average Bonchev–Trinajstić information content (AvgIpc) is 4.17. The van der Waals surface area contributed by atoms with Gasteiger partial charge in [-0.3, -0.25) is 0 Å². The minimum absolute atomic E-state index is 0. The van der Waals surface area contributed by atoms with E-state index in [1.807, 2.05) is 24.4 Å². The Bertz CT molecular complexity index is 4270. The molecule has 5 nitrogen and oxygen atoms in total. The van der Waals surface area contributed by atoms with E-state index in [1.165, 1.54) is 22.3 Å². The fourth-order valence-electron chi connectivity index (χ4n) is 11.3. The summed E-state index contributed by atoms with van der Waals surface area (Å²) in [6, 6.07) is 89.9. The zero-order valence-electron chi connectivity index (χ0n) is 46.6. The number of anilines is 4. The van der Waals surface area contributed by atoms with E-state index >= 15 is 0 Å². The third-order valence-corrected chi connectivity index (χ3v) is 15.6. The normalized spacial score (nSPS) is 12.4. The summed E-state index contributed by atoms with van der Waals surface area (Å²) in [7, 11) is 0. The number of hydrogen-bond donors (Lipinski definition) is 0. The average molecular weight is 1230 g/mol. The molecule has 0 fully saturated rings. The van der Waals surface area contributed by atoms with Crippen molar-refractivity contribution >= 4 is 44.6 Å². The smallest absolute Gasteiger partial charge is 0.135 e. The van der Waals surface area contributed by atoms with E-state index in [2.05, 4.69) is 294 Å². The number of rotatable bonds is 10. The van der Waals surface area contributed by atoms with Crippen LogP contribution in [0.2, 0.25) is 0 Å². The van der Waals surface area contributed by atoms with Crippen molar-refractivity contribution in [2.24, 2.45) is 0 Å². The van der Waals surface area contributed by atoms with E-state index in [0.29, 0.717) is 11.5 Å². The molecule has 1 aliphatic rings. The van der Waals surface area contributed by atoms with Crippen LogP contribution >= 0.6 is 0 Å². The number of para-hydroxylation sites is 3. The Morgan fingerprint density at radius 1 is 0.432 bits per heavy atom. The maximum atomic E-state index is 6.84. The number of benzene rings is 10. The first-order chi connectivity index (χ1) is 38.8. The van der Waals surface area contributed by atoms with Gasteiger partial charge in [-0.05, 0) is 109 Å². The molecule has 0 radical (unpaired) electrons. The summed E-state index contributed by atoms with van der Waals surface area (Å²) < 4.78 is 9.06. The number of ether oxygens (including phenoxy) is 1. The van der Waals surface area contributed by atoms with Gasteiger partial charge in [-0.1, -0.05) is 217 Å². The third-order valence-electron chi connectivity index (χ3n) is 15.6. The van der Waals surface area contributed by atoms with Crippen LogP contribution in [0.25, 0.3) is 83.3 Å². The molecule has 12 aromatic rings. The number of pyridine rings is 1. The molecule has 81 heavy (non-hydrogen) atoms. The van der Waals surface area contributed by atoms with Crippen molar-refractivity contribution in [3.63, 3.8) is 0 Å². The minimum atomic E-state index is 0.